The first-order chi connectivity index (χ1) is 9.58. The quantitative estimate of drug-likeness (QED) is 0.548. The number of aryl methyl sites for hydroxylation is 2. The highest BCUT2D eigenvalue weighted by molar-refractivity contribution is 7.98. The number of hydrogen-bond donors (Lipinski definition) is 0. The summed E-state index contributed by atoms with van der Waals surface area (Å²) in [5.41, 5.74) is 3.14. The molecule has 0 saturated carbocycles. The van der Waals surface area contributed by atoms with E-state index in [0.717, 1.165) is 26.8 Å². The van der Waals surface area contributed by atoms with Gasteiger partial charge in [0, 0.05) is 17.7 Å². The summed E-state index contributed by atoms with van der Waals surface area (Å²) in [7, 11) is 1.78. The molecule has 0 N–H and O–H groups in total. The van der Waals surface area contributed by atoms with Crippen LogP contribution in [0.2, 0.25) is 0 Å². The van der Waals surface area contributed by atoms with Crippen LogP contribution < -0.4 is 5.56 Å². The summed E-state index contributed by atoms with van der Waals surface area (Å²) < 4.78 is 6.71. The van der Waals surface area contributed by atoms with Gasteiger partial charge in [-0.3, -0.25) is 9.36 Å². The second-order valence-corrected chi connectivity index (χ2v) is 7.32. The van der Waals surface area contributed by atoms with E-state index in [2.05, 4.69) is 16.3 Å². The lowest BCUT2D eigenvalue weighted by Crippen LogP contribution is -2.18. The highest BCUT2D eigenvalue weighted by atomic mass is 32.2. The molecule has 0 aliphatic heterocycles. The van der Waals surface area contributed by atoms with Crippen molar-refractivity contribution in [2.75, 3.05) is 0 Å². The van der Waals surface area contributed by atoms with E-state index in [9.17, 15) is 4.79 Å². The zero-order chi connectivity index (χ0) is 14.3. The lowest BCUT2D eigenvalue weighted by atomic mass is 10.2. The van der Waals surface area contributed by atoms with Crippen molar-refractivity contribution in [1.29, 1.82) is 0 Å². The van der Waals surface area contributed by atoms with Gasteiger partial charge >= 0.3 is 0 Å². The van der Waals surface area contributed by atoms with Gasteiger partial charge in [0.25, 0.3) is 5.56 Å². The van der Waals surface area contributed by atoms with Crippen LogP contribution in [0.15, 0.2) is 21.4 Å². The van der Waals surface area contributed by atoms with Crippen molar-refractivity contribution in [3.05, 3.63) is 37.9 Å². The Hall–Kier alpha value is -1.18. The van der Waals surface area contributed by atoms with Crippen molar-refractivity contribution in [3.8, 4) is 0 Å². The van der Waals surface area contributed by atoms with Crippen molar-refractivity contribution < 1.29 is 0 Å². The van der Waals surface area contributed by atoms with Crippen LogP contribution in [0.1, 0.15) is 16.1 Å². The Labute approximate surface area is 128 Å². The van der Waals surface area contributed by atoms with E-state index in [0.29, 0.717) is 0 Å². The number of hydrogen-bond acceptors (Lipinski definition) is 6. The van der Waals surface area contributed by atoms with Gasteiger partial charge in [-0.15, -0.1) is 11.3 Å². The third kappa shape index (κ3) is 2.30. The molecular weight excluding hydrogens is 310 g/mol. The molecule has 0 aromatic carbocycles. The van der Waals surface area contributed by atoms with E-state index < -0.39 is 0 Å². The topological polar surface area (TPSA) is 47.8 Å². The smallest absolute Gasteiger partial charge is 0.271 e. The fraction of sp³-hybridized carbons (Fsp3) is 0.308. The Morgan fingerprint density at radius 1 is 1.40 bits per heavy atom. The molecular formula is C13H13N3OS3. The molecule has 0 atom stereocenters. The summed E-state index contributed by atoms with van der Waals surface area (Å²) in [6.07, 6.45) is 0. The minimum Gasteiger partial charge on any atom is -0.290 e. The second kappa shape index (κ2) is 5.31. The molecule has 0 aliphatic carbocycles. The van der Waals surface area contributed by atoms with Crippen LogP contribution in [-0.4, -0.2) is 13.9 Å². The number of aromatic nitrogens is 3. The van der Waals surface area contributed by atoms with Gasteiger partial charge in [-0.1, -0.05) is 11.8 Å². The first-order valence-corrected chi connectivity index (χ1v) is 8.70. The van der Waals surface area contributed by atoms with Gasteiger partial charge in [0.2, 0.25) is 0 Å². The van der Waals surface area contributed by atoms with Gasteiger partial charge in [0.05, 0.1) is 11.2 Å². The van der Waals surface area contributed by atoms with E-state index in [4.69, 9.17) is 0 Å². The van der Waals surface area contributed by atoms with Crippen molar-refractivity contribution in [2.24, 2.45) is 7.05 Å². The molecule has 104 valence electrons. The Morgan fingerprint density at radius 2 is 2.20 bits per heavy atom. The van der Waals surface area contributed by atoms with Gasteiger partial charge in [0.1, 0.15) is 4.70 Å². The van der Waals surface area contributed by atoms with Gasteiger partial charge in [-0.2, -0.15) is 4.37 Å². The molecule has 0 aliphatic rings. The molecule has 0 spiro atoms. The highest BCUT2D eigenvalue weighted by Gasteiger charge is 2.12. The SMILES string of the molecule is Cc1nsc(C)c1CSc1nc2ccsc2c(=O)n1C. The fourth-order valence-corrected chi connectivity index (χ4v) is 4.69. The van der Waals surface area contributed by atoms with Crippen LogP contribution in [0.5, 0.6) is 0 Å². The number of fused-ring (bicyclic) bond motifs is 1. The van der Waals surface area contributed by atoms with Gasteiger partial charge in [-0.25, -0.2) is 4.98 Å². The molecule has 0 radical (unpaired) electrons. The van der Waals surface area contributed by atoms with E-state index in [-0.39, 0.29) is 5.56 Å². The standard InChI is InChI=1S/C13H13N3OS3/c1-7-9(8(2)20-15-7)6-19-13-14-10-4-5-18-11(10)12(17)16(13)3/h4-5H,6H2,1-3H3. The number of thiophene rings is 1. The maximum absolute atomic E-state index is 12.2. The lowest BCUT2D eigenvalue weighted by molar-refractivity contribution is 0.728. The van der Waals surface area contributed by atoms with E-state index in [1.54, 1.807) is 23.4 Å². The van der Waals surface area contributed by atoms with Crippen LogP contribution in [0.25, 0.3) is 10.2 Å². The average Bonchev–Trinajstić information content (AvgIpc) is 3.01. The molecule has 4 nitrogen and oxygen atoms in total. The van der Waals surface area contributed by atoms with Crippen LogP contribution in [0.4, 0.5) is 0 Å². The van der Waals surface area contributed by atoms with Crippen LogP contribution in [0.3, 0.4) is 0 Å². The number of nitrogens with zero attached hydrogens (tertiary/aromatic N) is 3. The third-order valence-corrected chi connectivity index (χ3v) is 6.01. The molecule has 0 saturated heterocycles. The molecule has 3 aromatic rings. The van der Waals surface area contributed by atoms with E-state index in [1.165, 1.54) is 33.3 Å². The summed E-state index contributed by atoms with van der Waals surface area (Å²) in [4.78, 5) is 18.0. The minimum atomic E-state index is 0.0318. The molecule has 0 bridgehead atoms. The van der Waals surface area contributed by atoms with Gasteiger partial charge < -0.3 is 0 Å². The van der Waals surface area contributed by atoms with Gasteiger partial charge in [-0.05, 0) is 42.4 Å². The van der Waals surface area contributed by atoms with Crippen molar-refractivity contribution in [3.63, 3.8) is 0 Å². The first kappa shape index (κ1) is 13.8. The molecule has 3 heterocycles. The van der Waals surface area contributed by atoms with Crippen molar-refractivity contribution >= 4 is 44.8 Å². The maximum Gasteiger partial charge on any atom is 0.271 e. The van der Waals surface area contributed by atoms with Crippen LogP contribution in [-0.2, 0) is 12.8 Å². The Balaban J connectivity index is 1.95. The lowest BCUT2D eigenvalue weighted by Gasteiger charge is -2.07. The minimum absolute atomic E-state index is 0.0318. The molecule has 20 heavy (non-hydrogen) atoms. The molecule has 3 aromatic heterocycles. The third-order valence-electron chi connectivity index (χ3n) is 3.17. The number of thioether (sulfide) groups is 1. The zero-order valence-corrected chi connectivity index (χ0v) is 13.8. The highest BCUT2D eigenvalue weighted by Crippen LogP contribution is 2.27. The van der Waals surface area contributed by atoms with E-state index >= 15 is 0 Å². The van der Waals surface area contributed by atoms with Crippen LogP contribution >= 0.6 is 34.6 Å². The monoisotopic (exact) mass is 323 g/mol. The Kier molecular flexibility index (Phi) is 3.66. The summed E-state index contributed by atoms with van der Waals surface area (Å²) in [5.74, 6) is 0.796. The molecule has 0 amide bonds. The average molecular weight is 323 g/mol. The zero-order valence-electron chi connectivity index (χ0n) is 11.3. The Bertz CT molecular complexity index is 812. The van der Waals surface area contributed by atoms with Crippen molar-refractivity contribution in [1.82, 2.24) is 13.9 Å². The maximum atomic E-state index is 12.2. The molecule has 3 rings (SSSR count). The first-order valence-electron chi connectivity index (χ1n) is 6.06. The van der Waals surface area contributed by atoms with E-state index in [1.807, 2.05) is 18.4 Å². The largest absolute Gasteiger partial charge is 0.290 e. The predicted octanol–water partition coefficient (Wildman–Crippen LogP) is 3.36. The number of rotatable bonds is 3. The molecule has 0 fully saturated rings. The Morgan fingerprint density at radius 3 is 2.90 bits per heavy atom. The normalized spacial score (nSPS) is 11.3. The summed E-state index contributed by atoms with van der Waals surface area (Å²) >= 11 is 4.56. The van der Waals surface area contributed by atoms with Gasteiger partial charge in [0.15, 0.2) is 5.16 Å². The molecule has 0 unspecified atom stereocenters. The predicted molar refractivity (Wildman–Crippen MR) is 86.0 cm³/mol. The summed E-state index contributed by atoms with van der Waals surface area (Å²) in [6, 6.07) is 1.90. The van der Waals surface area contributed by atoms with Crippen molar-refractivity contribution in [2.45, 2.75) is 24.8 Å². The molecule has 7 heteroatoms. The van der Waals surface area contributed by atoms with Crippen LogP contribution in [0, 0.1) is 13.8 Å². The summed E-state index contributed by atoms with van der Waals surface area (Å²) in [6.45, 7) is 4.10. The summed E-state index contributed by atoms with van der Waals surface area (Å²) in [5, 5.41) is 2.66. The second-order valence-electron chi connectivity index (χ2n) is 4.48. The fourth-order valence-electron chi connectivity index (χ4n) is 1.94.